The van der Waals surface area contributed by atoms with E-state index in [-0.39, 0.29) is 17.7 Å². The average Bonchev–Trinajstić information content (AvgIpc) is 2.54. The van der Waals surface area contributed by atoms with Gasteiger partial charge in [0.15, 0.2) is 0 Å². The van der Waals surface area contributed by atoms with Gasteiger partial charge in [-0.3, -0.25) is 14.6 Å². The number of carbonyl (C=O) groups excluding carboxylic acids is 2. The van der Waals surface area contributed by atoms with Crippen LogP contribution in [0.1, 0.15) is 24.1 Å². The van der Waals surface area contributed by atoms with E-state index in [0.29, 0.717) is 26.1 Å². The topological polar surface area (TPSA) is 88.3 Å². The molecule has 1 saturated heterocycles. The number of aryl methyl sites for hydroxylation is 1. The van der Waals surface area contributed by atoms with Gasteiger partial charge in [-0.05, 0) is 31.4 Å². The minimum absolute atomic E-state index is 0.0000439. The first-order valence-electron chi connectivity index (χ1n) is 7.77. The summed E-state index contributed by atoms with van der Waals surface area (Å²) in [4.78, 5) is 30.4. The Morgan fingerprint density at radius 1 is 1.45 bits per heavy atom. The molecule has 0 aromatic carbocycles. The molecule has 1 aromatic heterocycles. The maximum Gasteiger partial charge on any atom is 0.227 e. The summed E-state index contributed by atoms with van der Waals surface area (Å²) in [6.07, 6.45) is 3.76. The van der Waals surface area contributed by atoms with Crippen molar-refractivity contribution in [1.82, 2.24) is 15.2 Å². The minimum atomic E-state index is -0.125. The zero-order chi connectivity index (χ0) is 15.9. The van der Waals surface area contributed by atoms with E-state index in [1.807, 2.05) is 19.1 Å². The van der Waals surface area contributed by atoms with Gasteiger partial charge in [-0.15, -0.1) is 0 Å². The number of nitrogens with two attached hydrogens (primary N) is 1. The maximum atomic E-state index is 12.4. The van der Waals surface area contributed by atoms with Crippen molar-refractivity contribution in [1.29, 1.82) is 0 Å². The molecule has 22 heavy (non-hydrogen) atoms. The lowest BCUT2D eigenvalue weighted by atomic mass is 9.96. The maximum absolute atomic E-state index is 12.4. The predicted octanol–water partition coefficient (Wildman–Crippen LogP) is 0.246. The number of hydrogen-bond donors (Lipinski definition) is 2. The molecule has 1 aliphatic rings. The fraction of sp³-hybridized carbons (Fsp3) is 0.562. The number of likely N-dealkylation sites (tertiary alicyclic amines) is 1. The first-order valence-corrected chi connectivity index (χ1v) is 7.77. The van der Waals surface area contributed by atoms with Gasteiger partial charge in [0, 0.05) is 38.1 Å². The Morgan fingerprint density at radius 2 is 2.27 bits per heavy atom. The molecule has 0 radical (unpaired) electrons. The molecular weight excluding hydrogens is 280 g/mol. The fourth-order valence-corrected chi connectivity index (χ4v) is 2.65. The predicted molar refractivity (Wildman–Crippen MR) is 84.0 cm³/mol. The number of aromatic nitrogens is 1. The smallest absolute Gasteiger partial charge is 0.227 e. The van der Waals surface area contributed by atoms with Gasteiger partial charge in [0.2, 0.25) is 11.8 Å². The second kappa shape index (κ2) is 7.89. The monoisotopic (exact) mass is 304 g/mol. The quantitative estimate of drug-likeness (QED) is 0.816. The van der Waals surface area contributed by atoms with Crippen LogP contribution in [0, 0.1) is 12.8 Å². The normalized spacial score (nSPS) is 18.1. The van der Waals surface area contributed by atoms with Gasteiger partial charge in [0.05, 0.1) is 12.3 Å². The third kappa shape index (κ3) is 4.53. The highest BCUT2D eigenvalue weighted by molar-refractivity contribution is 5.82. The van der Waals surface area contributed by atoms with E-state index < -0.39 is 0 Å². The van der Waals surface area contributed by atoms with Crippen LogP contribution in [0.2, 0.25) is 0 Å². The van der Waals surface area contributed by atoms with Crippen molar-refractivity contribution in [2.75, 3.05) is 26.2 Å². The van der Waals surface area contributed by atoms with E-state index in [1.54, 1.807) is 11.1 Å². The lowest BCUT2D eigenvalue weighted by Crippen LogP contribution is -2.46. The van der Waals surface area contributed by atoms with E-state index in [0.717, 1.165) is 30.6 Å². The van der Waals surface area contributed by atoms with Crippen LogP contribution in [0.25, 0.3) is 0 Å². The van der Waals surface area contributed by atoms with E-state index in [2.05, 4.69) is 10.3 Å². The Morgan fingerprint density at radius 3 is 2.95 bits per heavy atom. The van der Waals surface area contributed by atoms with Crippen LogP contribution in [0.3, 0.4) is 0 Å². The number of amides is 2. The summed E-state index contributed by atoms with van der Waals surface area (Å²) in [5, 5.41) is 2.81. The van der Waals surface area contributed by atoms with Gasteiger partial charge in [-0.25, -0.2) is 0 Å². The molecule has 1 aliphatic heterocycles. The van der Waals surface area contributed by atoms with E-state index in [1.165, 1.54) is 0 Å². The minimum Gasteiger partial charge on any atom is -0.355 e. The molecule has 120 valence electrons. The van der Waals surface area contributed by atoms with Crippen LogP contribution in [-0.2, 0) is 16.0 Å². The molecule has 2 rings (SSSR count). The van der Waals surface area contributed by atoms with Crippen LogP contribution in [0.5, 0.6) is 0 Å². The number of piperidine rings is 1. The van der Waals surface area contributed by atoms with Crippen molar-refractivity contribution in [3.8, 4) is 0 Å². The summed E-state index contributed by atoms with van der Waals surface area (Å²) in [6.45, 7) is 4.05. The summed E-state index contributed by atoms with van der Waals surface area (Å²) in [7, 11) is 0. The molecule has 2 amide bonds. The van der Waals surface area contributed by atoms with Crippen molar-refractivity contribution in [2.24, 2.45) is 11.7 Å². The number of rotatable bonds is 5. The van der Waals surface area contributed by atoms with Crippen molar-refractivity contribution >= 4 is 11.8 Å². The van der Waals surface area contributed by atoms with Gasteiger partial charge in [-0.1, -0.05) is 6.07 Å². The summed E-state index contributed by atoms with van der Waals surface area (Å²) >= 11 is 0. The Labute approximate surface area is 131 Å². The van der Waals surface area contributed by atoms with Crippen LogP contribution < -0.4 is 11.1 Å². The third-order valence-corrected chi connectivity index (χ3v) is 3.92. The Balaban J connectivity index is 1.89. The summed E-state index contributed by atoms with van der Waals surface area (Å²) in [5.41, 5.74) is 7.24. The Kier molecular flexibility index (Phi) is 5.89. The fourth-order valence-electron chi connectivity index (χ4n) is 2.65. The average molecular weight is 304 g/mol. The van der Waals surface area contributed by atoms with Gasteiger partial charge >= 0.3 is 0 Å². The van der Waals surface area contributed by atoms with Gasteiger partial charge < -0.3 is 16.0 Å². The van der Waals surface area contributed by atoms with Gasteiger partial charge in [0.1, 0.15) is 0 Å². The number of nitrogens with one attached hydrogen (secondary N) is 1. The SMILES string of the molecule is Cc1ccc(CC(=O)N2CCCC(C(=O)NCCN)C2)cn1. The first-order chi connectivity index (χ1) is 10.6. The number of hydrogen-bond acceptors (Lipinski definition) is 4. The Bertz CT molecular complexity index is 515. The van der Waals surface area contributed by atoms with Crippen LogP contribution in [-0.4, -0.2) is 47.9 Å². The summed E-state index contributed by atoms with van der Waals surface area (Å²) in [5.74, 6) is -0.0673. The molecular formula is C16H24N4O2. The van der Waals surface area contributed by atoms with Gasteiger partial charge in [-0.2, -0.15) is 0 Å². The van der Waals surface area contributed by atoms with Crippen molar-refractivity contribution in [3.63, 3.8) is 0 Å². The second-order valence-corrected chi connectivity index (χ2v) is 5.74. The van der Waals surface area contributed by atoms with E-state index >= 15 is 0 Å². The van der Waals surface area contributed by atoms with Crippen molar-refractivity contribution < 1.29 is 9.59 Å². The van der Waals surface area contributed by atoms with Gasteiger partial charge in [0.25, 0.3) is 0 Å². The molecule has 6 heteroatoms. The molecule has 0 spiro atoms. The van der Waals surface area contributed by atoms with Crippen molar-refractivity contribution in [3.05, 3.63) is 29.6 Å². The highest BCUT2D eigenvalue weighted by Gasteiger charge is 2.28. The number of pyridine rings is 1. The second-order valence-electron chi connectivity index (χ2n) is 5.74. The molecule has 0 bridgehead atoms. The molecule has 2 heterocycles. The number of nitrogens with zero attached hydrogens (tertiary/aromatic N) is 2. The van der Waals surface area contributed by atoms with E-state index in [9.17, 15) is 9.59 Å². The largest absolute Gasteiger partial charge is 0.355 e. The zero-order valence-electron chi connectivity index (χ0n) is 13.0. The first kappa shape index (κ1) is 16.4. The molecule has 1 aromatic rings. The lowest BCUT2D eigenvalue weighted by Gasteiger charge is -2.32. The summed E-state index contributed by atoms with van der Waals surface area (Å²) < 4.78 is 0. The molecule has 1 unspecified atom stereocenters. The number of carbonyl (C=O) groups is 2. The highest BCUT2D eigenvalue weighted by atomic mass is 16.2. The molecule has 3 N–H and O–H groups in total. The zero-order valence-corrected chi connectivity index (χ0v) is 13.0. The van der Waals surface area contributed by atoms with E-state index in [4.69, 9.17) is 5.73 Å². The Hall–Kier alpha value is -1.95. The molecule has 1 fully saturated rings. The van der Waals surface area contributed by atoms with Crippen LogP contribution in [0.4, 0.5) is 0 Å². The molecule has 1 atom stereocenters. The summed E-state index contributed by atoms with van der Waals surface area (Å²) in [6, 6.07) is 3.83. The van der Waals surface area contributed by atoms with Crippen LogP contribution >= 0.6 is 0 Å². The molecule has 6 nitrogen and oxygen atoms in total. The standard InChI is InChI=1S/C16H24N4O2/c1-12-4-5-13(10-19-12)9-15(21)20-8-2-3-14(11-20)16(22)18-7-6-17/h4-5,10,14H,2-3,6-9,11,17H2,1H3,(H,18,22). The molecule has 0 aliphatic carbocycles. The molecule has 0 saturated carbocycles. The lowest BCUT2D eigenvalue weighted by molar-refractivity contribution is -0.135. The van der Waals surface area contributed by atoms with Crippen LogP contribution in [0.15, 0.2) is 18.3 Å². The highest BCUT2D eigenvalue weighted by Crippen LogP contribution is 2.17. The third-order valence-electron chi connectivity index (χ3n) is 3.92. The van der Waals surface area contributed by atoms with Crippen molar-refractivity contribution in [2.45, 2.75) is 26.2 Å².